The van der Waals surface area contributed by atoms with E-state index >= 15 is 0 Å². The Labute approximate surface area is 102 Å². The van der Waals surface area contributed by atoms with Crippen molar-refractivity contribution in [3.63, 3.8) is 0 Å². The molecular formula is C13H20N4. The van der Waals surface area contributed by atoms with Gasteiger partial charge in [-0.05, 0) is 39.3 Å². The summed E-state index contributed by atoms with van der Waals surface area (Å²) in [5, 5.41) is 3.38. The fourth-order valence-corrected chi connectivity index (χ4v) is 1.80. The normalized spacial score (nSPS) is 12.0. The maximum Gasteiger partial charge on any atom is 0.162 e. The number of anilines is 1. The number of aryl methyl sites for hydroxylation is 1. The number of aromatic nitrogens is 3. The first-order valence-electron chi connectivity index (χ1n) is 6.09. The second-order valence-corrected chi connectivity index (χ2v) is 5.35. The Morgan fingerprint density at radius 2 is 2.06 bits per heavy atom. The molecule has 0 amide bonds. The molecule has 2 rings (SSSR count). The third kappa shape index (κ3) is 2.75. The predicted molar refractivity (Wildman–Crippen MR) is 71.2 cm³/mol. The van der Waals surface area contributed by atoms with Gasteiger partial charge in [0.2, 0.25) is 0 Å². The average molecular weight is 232 g/mol. The Bertz CT molecular complexity index is 508. The lowest BCUT2D eigenvalue weighted by Crippen LogP contribution is -2.26. The molecule has 0 aromatic carbocycles. The van der Waals surface area contributed by atoms with Crippen LogP contribution < -0.4 is 5.32 Å². The van der Waals surface area contributed by atoms with E-state index in [1.165, 1.54) is 0 Å². The van der Waals surface area contributed by atoms with Gasteiger partial charge in [-0.15, -0.1) is 0 Å². The topological polar surface area (TPSA) is 42.7 Å². The van der Waals surface area contributed by atoms with Crippen LogP contribution >= 0.6 is 0 Å². The van der Waals surface area contributed by atoms with E-state index in [1.54, 1.807) is 0 Å². The lowest BCUT2D eigenvalue weighted by Gasteiger charge is -2.21. The summed E-state index contributed by atoms with van der Waals surface area (Å²) >= 11 is 0. The standard InChI is InChI=1S/C13H20N4/c1-5-8-17-9-14-10-6-7-11(15-12(10)17)16-13(2,3)4/h6-7,9H,5,8H2,1-4H3,(H,15,16). The van der Waals surface area contributed by atoms with Gasteiger partial charge in [-0.25, -0.2) is 9.97 Å². The lowest BCUT2D eigenvalue weighted by molar-refractivity contribution is 0.630. The average Bonchev–Trinajstić information content (AvgIpc) is 2.59. The minimum atomic E-state index is 0.0241. The van der Waals surface area contributed by atoms with Crippen molar-refractivity contribution in [3.05, 3.63) is 18.5 Å². The highest BCUT2D eigenvalue weighted by atomic mass is 15.1. The van der Waals surface area contributed by atoms with Gasteiger partial charge in [0, 0.05) is 12.1 Å². The first kappa shape index (κ1) is 11.9. The van der Waals surface area contributed by atoms with Crippen LogP contribution in [-0.2, 0) is 6.54 Å². The predicted octanol–water partition coefficient (Wildman–Crippen LogP) is 3.05. The molecule has 0 bridgehead atoms. The smallest absolute Gasteiger partial charge is 0.162 e. The quantitative estimate of drug-likeness (QED) is 0.884. The zero-order chi connectivity index (χ0) is 12.5. The van der Waals surface area contributed by atoms with E-state index in [4.69, 9.17) is 0 Å². The van der Waals surface area contributed by atoms with Crippen LogP contribution in [0, 0.1) is 0 Å². The zero-order valence-electron chi connectivity index (χ0n) is 11.0. The fourth-order valence-electron chi connectivity index (χ4n) is 1.80. The Hall–Kier alpha value is -1.58. The summed E-state index contributed by atoms with van der Waals surface area (Å²) in [7, 11) is 0. The van der Waals surface area contributed by atoms with Crippen molar-refractivity contribution < 1.29 is 0 Å². The van der Waals surface area contributed by atoms with Gasteiger partial charge in [0.05, 0.1) is 6.33 Å². The molecule has 2 heterocycles. The fraction of sp³-hybridized carbons (Fsp3) is 0.538. The molecule has 0 unspecified atom stereocenters. The Balaban J connectivity index is 2.37. The summed E-state index contributed by atoms with van der Waals surface area (Å²) in [4.78, 5) is 8.98. The van der Waals surface area contributed by atoms with Gasteiger partial charge in [-0.2, -0.15) is 0 Å². The van der Waals surface area contributed by atoms with E-state index in [2.05, 4.69) is 47.5 Å². The lowest BCUT2D eigenvalue weighted by atomic mass is 10.1. The minimum Gasteiger partial charge on any atom is -0.365 e. The van der Waals surface area contributed by atoms with Crippen molar-refractivity contribution in [2.45, 2.75) is 46.2 Å². The van der Waals surface area contributed by atoms with Gasteiger partial charge in [0.1, 0.15) is 11.3 Å². The van der Waals surface area contributed by atoms with Crippen molar-refractivity contribution in [1.82, 2.24) is 14.5 Å². The number of rotatable bonds is 3. The molecule has 92 valence electrons. The minimum absolute atomic E-state index is 0.0241. The molecule has 0 aliphatic carbocycles. The van der Waals surface area contributed by atoms with E-state index in [1.807, 2.05) is 18.5 Å². The van der Waals surface area contributed by atoms with E-state index in [9.17, 15) is 0 Å². The molecule has 2 aromatic rings. The van der Waals surface area contributed by atoms with Crippen molar-refractivity contribution >= 4 is 17.0 Å². The van der Waals surface area contributed by atoms with Crippen LogP contribution in [-0.4, -0.2) is 20.1 Å². The summed E-state index contributed by atoms with van der Waals surface area (Å²) in [5.74, 6) is 0.905. The van der Waals surface area contributed by atoms with Crippen molar-refractivity contribution in [2.75, 3.05) is 5.32 Å². The second kappa shape index (κ2) is 4.35. The summed E-state index contributed by atoms with van der Waals surface area (Å²) < 4.78 is 2.10. The molecular weight excluding hydrogens is 212 g/mol. The number of fused-ring (bicyclic) bond motifs is 1. The first-order valence-corrected chi connectivity index (χ1v) is 6.09. The third-order valence-corrected chi connectivity index (χ3v) is 2.43. The number of pyridine rings is 1. The highest BCUT2D eigenvalue weighted by molar-refractivity contribution is 5.73. The molecule has 2 aromatic heterocycles. The van der Waals surface area contributed by atoms with Crippen LogP contribution in [0.2, 0.25) is 0 Å². The SMILES string of the molecule is CCCn1cnc2ccc(NC(C)(C)C)nc21. The molecule has 0 aliphatic rings. The van der Waals surface area contributed by atoms with Crippen LogP contribution in [0.4, 0.5) is 5.82 Å². The second-order valence-electron chi connectivity index (χ2n) is 5.35. The summed E-state index contributed by atoms with van der Waals surface area (Å²) in [6, 6.07) is 4.00. The number of nitrogens with one attached hydrogen (secondary N) is 1. The van der Waals surface area contributed by atoms with Crippen molar-refractivity contribution in [2.24, 2.45) is 0 Å². The molecule has 4 nitrogen and oxygen atoms in total. The molecule has 0 saturated carbocycles. The van der Waals surface area contributed by atoms with Crippen molar-refractivity contribution in [1.29, 1.82) is 0 Å². The molecule has 0 atom stereocenters. The summed E-state index contributed by atoms with van der Waals surface area (Å²) in [5.41, 5.74) is 1.94. The third-order valence-electron chi connectivity index (χ3n) is 2.43. The van der Waals surface area contributed by atoms with Gasteiger partial charge >= 0.3 is 0 Å². The molecule has 1 N–H and O–H groups in total. The number of nitrogens with zero attached hydrogens (tertiary/aromatic N) is 3. The van der Waals surface area contributed by atoms with Gasteiger partial charge in [-0.1, -0.05) is 6.92 Å². The van der Waals surface area contributed by atoms with Gasteiger partial charge < -0.3 is 9.88 Å². The highest BCUT2D eigenvalue weighted by Gasteiger charge is 2.11. The van der Waals surface area contributed by atoms with Gasteiger partial charge in [-0.3, -0.25) is 0 Å². The monoisotopic (exact) mass is 232 g/mol. The van der Waals surface area contributed by atoms with E-state index < -0.39 is 0 Å². The number of hydrogen-bond donors (Lipinski definition) is 1. The molecule has 0 spiro atoms. The number of imidazole rings is 1. The van der Waals surface area contributed by atoms with Crippen LogP contribution in [0.25, 0.3) is 11.2 Å². The van der Waals surface area contributed by atoms with E-state index in [0.717, 1.165) is 29.9 Å². The maximum absolute atomic E-state index is 4.63. The molecule has 17 heavy (non-hydrogen) atoms. The van der Waals surface area contributed by atoms with E-state index in [-0.39, 0.29) is 5.54 Å². The van der Waals surface area contributed by atoms with Gasteiger partial charge in [0.15, 0.2) is 5.65 Å². The Morgan fingerprint density at radius 3 is 2.71 bits per heavy atom. The molecule has 4 heteroatoms. The summed E-state index contributed by atoms with van der Waals surface area (Å²) in [6.45, 7) is 9.50. The van der Waals surface area contributed by atoms with Crippen LogP contribution in [0.15, 0.2) is 18.5 Å². The van der Waals surface area contributed by atoms with Crippen LogP contribution in [0.3, 0.4) is 0 Å². The molecule has 0 radical (unpaired) electrons. The van der Waals surface area contributed by atoms with E-state index in [0.29, 0.717) is 0 Å². The highest BCUT2D eigenvalue weighted by Crippen LogP contribution is 2.17. The molecule has 0 aliphatic heterocycles. The maximum atomic E-state index is 4.63. The van der Waals surface area contributed by atoms with Crippen LogP contribution in [0.5, 0.6) is 0 Å². The summed E-state index contributed by atoms with van der Waals surface area (Å²) in [6.07, 6.45) is 2.95. The number of hydrogen-bond acceptors (Lipinski definition) is 3. The van der Waals surface area contributed by atoms with Gasteiger partial charge in [0.25, 0.3) is 0 Å². The Morgan fingerprint density at radius 1 is 1.29 bits per heavy atom. The van der Waals surface area contributed by atoms with Crippen molar-refractivity contribution in [3.8, 4) is 0 Å². The molecule has 0 fully saturated rings. The Kier molecular flexibility index (Phi) is 3.05. The molecule has 0 saturated heterocycles. The zero-order valence-corrected chi connectivity index (χ0v) is 11.0. The largest absolute Gasteiger partial charge is 0.365 e. The van der Waals surface area contributed by atoms with Crippen LogP contribution in [0.1, 0.15) is 34.1 Å². The first-order chi connectivity index (χ1) is 7.99.